The Morgan fingerprint density at radius 3 is 2.55 bits per heavy atom. The van der Waals surface area contributed by atoms with E-state index < -0.39 is 0 Å². The van der Waals surface area contributed by atoms with E-state index in [0.29, 0.717) is 0 Å². The number of anilines is 1. The zero-order chi connectivity index (χ0) is 8.27. The minimum atomic E-state index is 0.0925. The quantitative estimate of drug-likeness (QED) is 0.632. The Balaban J connectivity index is 3.12. The molecule has 0 spiro atoms. The first-order valence-corrected chi connectivity index (χ1v) is 3.40. The molecule has 0 saturated carbocycles. The summed E-state index contributed by atoms with van der Waals surface area (Å²) in [6, 6.07) is 7.46. The molecule has 0 aliphatic rings. The highest BCUT2D eigenvalue weighted by Gasteiger charge is 2.00. The van der Waals surface area contributed by atoms with Gasteiger partial charge in [0.15, 0.2) is 0 Å². The molecule has 1 aromatic rings. The van der Waals surface area contributed by atoms with Crippen LogP contribution in [0.5, 0.6) is 0 Å². The minimum absolute atomic E-state index is 0.0925. The summed E-state index contributed by atoms with van der Waals surface area (Å²) in [4.78, 5) is 0. The van der Waals surface area contributed by atoms with Gasteiger partial charge in [0.05, 0.1) is 0 Å². The summed E-state index contributed by atoms with van der Waals surface area (Å²) >= 11 is 0. The third-order valence-electron chi connectivity index (χ3n) is 1.51. The van der Waals surface area contributed by atoms with Gasteiger partial charge in [-0.1, -0.05) is 18.7 Å². The molecule has 0 aliphatic carbocycles. The fourth-order valence-corrected chi connectivity index (χ4v) is 0.953. The minimum Gasteiger partial charge on any atom is -0.508 e. The molecule has 58 valence electrons. The molecule has 0 bridgehead atoms. The maximum absolute atomic E-state index is 9.10. The standard InChI is InChI=1S/C9H11NO/c1-7(11)8-5-3-4-6-9(8)10-2/h3-6,10-11H,1H2,2H3. The molecule has 0 aliphatic heterocycles. The number of hydrogen-bond donors (Lipinski definition) is 2. The summed E-state index contributed by atoms with van der Waals surface area (Å²) < 4.78 is 0. The molecule has 2 nitrogen and oxygen atoms in total. The molecule has 0 atom stereocenters. The fourth-order valence-electron chi connectivity index (χ4n) is 0.953. The van der Waals surface area contributed by atoms with Crippen molar-refractivity contribution in [3.63, 3.8) is 0 Å². The van der Waals surface area contributed by atoms with Crippen LogP contribution >= 0.6 is 0 Å². The van der Waals surface area contributed by atoms with E-state index in [4.69, 9.17) is 5.11 Å². The molecule has 0 saturated heterocycles. The Labute approximate surface area is 66.2 Å². The van der Waals surface area contributed by atoms with E-state index in [9.17, 15) is 0 Å². The zero-order valence-corrected chi connectivity index (χ0v) is 6.46. The Morgan fingerprint density at radius 2 is 2.09 bits per heavy atom. The highest BCUT2D eigenvalue weighted by atomic mass is 16.3. The van der Waals surface area contributed by atoms with Crippen molar-refractivity contribution < 1.29 is 5.11 Å². The lowest BCUT2D eigenvalue weighted by molar-refractivity contribution is 0.514. The molecule has 0 unspecified atom stereocenters. The molecule has 1 rings (SSSR count). The molecule has 0 heterocycles. The molecule has 0 fully saturated rings. The zero-order valence-electron chi connectivity index (χ0n) is 6.46. The van der Waals surface area contributed by atoms with Crippen LogP contribution in [-0.4, -0.2) is 12.2 Å². The van der Waals surface area contributed by atoms with Crippen LogP contribution in [0.1, 0.15) is 5.56 Å². The molecule has 11 heavy (non-hydrogen) atoms. The third kappa shape index (κ3) is 1.52. The van der Waals surface area contributed by atoms with Gasteiger partial charge in [-0.2, -0.15) is 0 Å². The summed E-state index contributed by atoms with van der Waals surface area (Å²) in [7, 11) is 1.81. The van der Waals surface area contributed by atoms with E-state index in [2.05, 4.69) is 11.9 Å². The van der Waals surface area contributed by atoms with Gasteiger partial charge in [0, 0.05) is 18.3 Å². The van der Waals surface area contributed by atoms with Crippen molar-refractivity contribution >= 4 is 11.4 Å². The van der Waals surface area contributed by atoms with Crippen molar-refractivity contribution in [3.8, 4) is 0 Å². The number of aliphatic hydroxyl groups is 1. The van der Waals surface area contributed by atoms with E-state index in [-0.39, 0.29) is 5.76 Å². The Morgan fingerprint density at radius 1 is 1.45 bits per heavy atom. The number of aliphatic hydroxyl groups excluding tert-OH is 1. The van der Waals surface area contributed by atoms with E-state index in [1.165, 1.54) is 0 Å². The lowest BCUT2D eigenvalue weighted by Gasteiger charge is -2.05. The second kappa shape index (κ2) is 3.10. The Kier molecular flexibility index (Phi) is 2.16. The van der Waals surface area contributed by atoms with E-state index in [0.717, 1.165) is 11.3 Å². The van der Waals surface area contributed by atoms with Crippen LogP contribution in [-0.2, 0) is 0 Å². The summed E-state index contributed by atoms with van der Waals surface area (Å²) in [5.41, 5.74) is 1.63. The van der Waals surface area contributed by atoms with Gasteiger partial charge >= 0.3 is 0 Å². The molecule has 0 aromatic heterocycles. The SMILES string of the molecule is C=C(O)c1ccccc1NC. The predicted molar refractivity (Wildman–Crippen MR) is 47.7 cm³/mol. The lowest BCUT2D eigenvalue weighted by atomic mass is 10.1. The lowest BCUT2D eigenvalue weighted by Crippen LogP contribution is -1.93. The normalized spacial score (nSPS) is 9.18. The van der Waals surface area contributed by atoms with Gasteiger partial charge in [-0.3, -0.25) is 0 Å². The topological polar surface area (TPSA) is 32.3 Å². The van der Waals surface area contributed by atoms with Crippen LogP contribution in [0.15, 0.2) is 30.8 Å². The monoisotopic (exact) mass is 149 g/mol. The Bertz CT molecular complexity index is 268. The van der Waals surface area contributed by atoms with Crippen LogP contribution in [0, 0.1) is 0 Å². The first-order valence-electron chi connectivity index (χ1n) is 3.40. The number of benzene rings is 1. The van der Waals surface area contributed by atoms with Crippen LogP contribution < -0.4 is 5.32 Å². The second-order valence-corrected chi connectivity index (χ2v) is 2.24. The van der Waals surface area contributed by atoms with Crippen LogP contribution in [0.2, 0.25) is 0 Å². The molecular formula is C9H11NO. The van der Waals surface area contributed by atoms with E-state index >= 15 is 0 Å². The van der Waals surface area contributed by atoms with E-state index in [1.54, 1.807) is 0 Å². The van der Waals surface area contributed by atoms with Crippen molar-refractivity contribution in [2.24, 2.45) is 0 Å². The van der Waals surface area contributed by atoms with Crippen LogP contribution in [0.3, 0.4) is 0 Å². The smallest absolute Gasteiger partial charge is 0.117 e. The first-order chi connectivity index (χ1) is 5.25. The highest BCUT2D eigenvalue weighted by molar-refractivity contribution is 5.70. The van der Waals surface area contributed by atoms with Gasteiger partial charge in [0.25, 0.3) is 0 Å². The summed E-state index contributed by atoms with van der Waals surface area (Å²) in [5, 5.41) is 12.1. The van der Waals surface area contributed by atoms with Crippen molar-refractivity contribution in [2.45, 2.75) is 0 Å². The van der Waals surface area contributed by atoms with Crippen molar-refractivity contribution in [2.75, 3.05) is 12.4 Å². The van der Waals surface area contributed by atoms with Gasteiger partial charge in [-0.15, -0.1) is 0 Å². The van der Waals surface area contributed by atoms with Gasteiger partial charge in [0.1, 0.15) is 5.76 Å². The van der Waals surface area contributed by atoms with E-state index in [1.807, 2.05) is 31.3 Å². The highest BCUT2D eigenvalue weighted by Crippen LogP contribution is 2.19. The van der Waals surface area contributed by atoms with Gasteiger partial charge in [0.2, 0.25) is 0 Å². The Hall–Kier alpha value is -1.44. The number of para-hydroxylation sites is 1. The maximum atomic E-state index is 9.10. The van der Waals surface area contributed by atoms with Crippen LogP contribution in [0.25, 0.3) is 5.76 Å². The molecule has 2 heteroatoms. The molecular weight excluding hydrogens is 138 g/mol. The largest absolute Gasteiger partial charge is 0.508 e. The van der Waals surface area contributed by atoms with Crippen molar-refractivity contribution in [1.29, 1.82) is 0 Å². The fraction of sp³-hybridized carbons (Fsp3) is 0.111. The molecule has 1 aromatic carbocycles. The third-order valence-corrected chi connectivity index (χ3v) is 1.51. The number of nitrogens with one attached hydrogen (secondary N) is 1. The van der Waals surface area contributed by atoms with Crippen LogP contribution in [0.4, 0.5) is 5.69 Å². The summed E-state index contributed by atoms with van der Waals surface area (Å²) in [6.45, 7) is 3.45. The van der Waals surface area contributed by atoms with Crippen molar-refractivity contribution in [3.05, 3.63) is 36.4 Å². The van der Waals surface area contributed by atoms with Gasteiger partial charge in [-0.25, -0.2) is 0 Å². The second-order valence-electron chi connectivity index (χ2n) is 2.24. The van der Waals surface area contributed by atoms with Crippen molar-refractivity contribution in [1.82, 2.24) is 0 Å². The number of hydrogen-bond acceptors (Lipinski definition) is 2. The summed E-state index contributed by atoms with van der Waals surface area (Å²) in [6.07, 6.45) is 0. The van der Waals surface area contributed by atoms with Gasteiger partial charge < -0.3 is 10.4 Å². The molecule has 0 amide bonds. The molecule has 0 radical (unpaired) electrons. The predicted octanol–water partition coefficient (Wildman–Crippen LogP) is 2.26. The number of rotatable bonds is 2. The maximum Gasteiger partial charge on any atom is 0.117 e. The average Bonchev–Trinajstić information content (AvgIpc) is 2.04. The molecule has 2 N–H and O–H groups in total. The van der Waals surface area contributed by atoms with Gasteiger partial charge in [-0.05, 0) is 12.1 Å². The summed E-state index contributed by atoms with van der Waals surface area (Å²) in [5.74, 6) is 0.0925. The first kappa shape index (κ1) is 7.66. The average molecular weight is 149 g/mol.